The number of methoxy groups -OCH3 is 1. The molecule has 2 fully saturated rings. The lowest BCUT2D eigenvalue weighted by molar-refractivity contribution is 0.0222. The summed E-state index contributed by atoms with van der Waals surface area (Å²) in [4.78, 5) is 2.06. The van der Waals surface area contributed by atoms with Crippen LogP contribution in [-0.2, 0) is 24.4 Å². The van der Waals surface area contributed by atoms with Gasteiger partial charge in [0, 0.05) is 19.1 Å². The maximum absolute atomic E-state index is 13.0. The molecule has 2 heterocycles. The predicted octanol–water partition coefficient (Wildman–Crippen LogP) is -0.0333. The van der Waals surface area contributed by atoms with Gasteiger partial charge in [0.15, 0.2) is 19.7 Å². The van der Waals surface area contributed by atoms with Crippen LogP contribution < -0.4 is 4.74 Å². The van der Waals surface area contributed by atoms with Gasteiger partial charge in [-0.15, -0.1) is 0 Å². The minimum Gasteiger partial charge on any atom is -0.497 e. The Hall–Kier alpha value is -1.16. The summed E-state index contributed by atoms with van der Waals surface area (Å²) in [6.07, 6.45) is 0. The van der Waals surface area contributed by atoms with E-state index in [2.05, 4.69) is 0 Å². The minimum atomic E-state index is -3.75. The van der Waals surface area contributed by atoms with Gasteiger partial charge in [-0.3, -0.25) is 4.90 Å². The summed E-state index contributed by atoms with van der Waals surface area (Å²) in [5.74, 6) is 0.105. The molecule has 0 unspecified atom stereocenters. The van der Waals surface area contributed by atoms with Crippen LogP contribution in [0, 0.1) is 0 Å². The minimum absolute atomic E-state index is 0.118. The molecule has 0 radical (unpaired) electrons. The molecule has 0 bridgehead atoms. The fraction of sp³-hybridized carbons (Fsp3) is 0.600. The molecule has 9 heteroatoms. The first-order chi connectivity index (χ1) is 11.3. The molecule has 7 nitrogen and oxygen atoms in total. The third-order valence-corrected chi connectivity index (χ3v) is 8.71. The van der Waals surface area contributed by atoms with E-state index in [1.807, 2.05) is 4.90 Å². The van der Waals surface area contributed by atoms with E-state index in [0.29, 0.717) is 32.1 Å². The van der Waals surface area contributed by atoms with Crippen molar-refractivity contribution in [2.24, 2.45) is 0 Å². The number of benzene rings is 1. The summed E-state index contributed by atoms with van der Waals surface area (Å²) >= 11 is 0. The molecule has 24 heavy (non-hydrogen) atoms. The normalized spacial score (nSPS) is 27.9. The number of ether oxygens (including phenoxy) is 2. The highest BCUT2D eigenvalue weighted by Gasteiger charge is 2.48. The van der Waals surface area contributed by atoms with Gasteiger partial charge in [0.05, 0.1) is 42.0 Å². The van der Waals surface area contributed by atoms with Crippen molar-refractivity contribution < 1.29 is 26.3 Å². The summed E-state index contributed by atoms with van der Waals surface area (Å²) in [6.45, 7) is 2.08. The van der Waals surface area contributed by atoms with Gasteiger partial charge in [-0.05, 0) is 24.3 Å². The van der Waals surface area contributed by atoms with E-state index in [4.69, 9.17) is 9.47 Å². The molecule has 0 N–H and O–H groups in total. The zero-order valence-corrected chi connectivity index (χ0v) is 15.1. The molecule has 1 aromatic rings. The monoisotopic (exact) mass is 375 g/mol. The third kappa shape index (κ3) is 3.44. The van der Waals surface area contributed by atoms with Gasteiger partial charge in [0.25, 0.3) is 0 Å². The second-order valence-electron chi connectivity index (χ2n) is 6.05. The molecule has 0 saturated carbocycles. The molecular formula is C15H21NO6S2. The lowest BCUT2D eigenvalue weighted by Crippen LogP contribution is -2.50. The topological polar surface area (TPSA) is 90.0 Å². The number of rotatable bonds is 4. The summed E-state index contributed by atoms with van der Waals surface area (Å²) in [7, 11) is -5.63. The van der Waals surface area contributed by atoms with Gasteiger partial charge in [0.2, 0.25) is 0 Å². The second-order valence-corrected chi connectivity index (χ2v) is 10.4. The Morgan fingerprint density at radius 1 is 1.12 bits per heavy atom. The van der Waals surface area contributed by atoms with Crippen molar-refractivity contribution >= 4 is 19.7 Å². The van der Waals surface area contributed by atoms with Crippen LogP contribution in [0.25, 0.3) is 0 Å². The van der Waals surface area contributed by atoms with E-state index in [0.717, 1.165) is 0 Å². The number of hydrogen-bond acceptors (Lipinski definition) is 7. The van der Waals surface area contributed by atoms with Crippen LogP contribution >= 0.6 is 0 Å². The van der Waals surface area contributed by atoms with Crippen LogP contribution in [-0.4, -0.2) is 77.9 Å². The largest absolute Gasteiger partial charge is 0.497 e. The van der Waals surface area contributed by atoms with E-state index in [9.17, 15) is 16.8 Å². The van der Waals surface area contributed by atoms with E-state index < -0.39 is 31.0 Å². The molecule has 134 valence electrons. The number of nitrogens with zero attached hydrogens (tertiary/aromatic N) is 1. The van der Waals surface area contributed by atoms with Crippen molar-refractivity contribution in [2.75, 3.05) is 44.9 Å². The Kier molecular flexibility index (Phi) is 4.87. The highest BCUT2D eigenvalue weighted by Crippen LogP contribution is 2.30. The smallest absolute Gasteiger partial charge is 0.183 e. The van der Waals surface area contributed by atoms with Crippen LogP contribution in [0.1, 0.15) is 0 Å². The highest BCUT2D eigenvalue weighted by molar-refractivity contribution is 7.96. The average molecular weight is 375 g/mol. The predicted molar refractivity (Wildman–Crippen MR) is 88.8 cm³/mol. The van der Waals surface area contributed by atoms with Crippen molar-refractivity contribution in [3.8, 4) is 5.75 Å². The van der Waals surface area contributed by atoms with Crippen LogP contribution in [0.4, 0.5) is 0 Å². The Morgan fingerprint density at radius 2 is 1.75 bits per heavy atom. The zero-order chi connectivity index (χ0) is 17.4. The lowest BCUT2D eigenvalue weighted by atomic mass is 10.2. The van der Waals surface area contributed by atoms with Crippen molar-refractivity contribution in [3.63, 3.8) is 0 Å². The Balaban J connectivity index is 1.93. The third-order valence-electron chi connectivity index (χ3n) is 4.57. The summed E-state index contributed by atoms with van der Waals surface area (Å²) < 4.78 is 60.6. The fourth-order valence-corrected chi connectivity index (χ4v) is 8.11. The van der Waals surface area contributed by atoms with Crippen molar-refractivity contribution in [2.45, 2.75) is 16.2 Å². The molecule has 0 spiro atoms. The van der Waals surface area contributed by atoms with Crippen molar-refractivity contribution in [1.29, 1.82) is 0 Å². The van der Waals surface area contributed by atoms with Crippen molar-refractivity contribution in [3.05, 3.63) is 24.3 Å². The Bertz CT molecular complexity index is 782. The molecule has 2 saturated heterocycles. The first-order valence-corrected chi connectivity index (χ1v) is 11.1. The van der Waals surface area contributed by atoms with Gasteiger partial charge in [-0.2, -0.15) is 0 Å². The van der Waals surface area contributed by atoms with Crippen molar-refractivity contribution in [1.82, 2.24) is 4.90 Å². The summed E-state index contributed by atoms with van der Waals surface area (Å²) in [6, 6.07) is 5.55. The van der Waals surface area contributed by atoms with Crippen LogP contribution in [0.3, 0.4) is 0 Å². The average Bonchev–Trinajstić information content (AvgIpc) is 2.92. The molecule has 3 rings (SSSR count). The first kappa shape index (κ1) is 17.7. The maximum Gasteiger partial charge on any atom is 0.183 e. The highest BCUT2D eigenvalue weighted by atomic mass is 32.2. The van der Waals surface area contributed by atoms with Gasteiger partial charge < -0.3 is 9.47 Å². The Labute approximate surface area is 142 Å². The molecule has 2 atom stereocenters. The SMILES string of the molecule is COc1ccc(S(=O)(=O)[C@@H]2CS(=O)(=O)C[C@H]2N2CCOCC2)cc1. The van der Waals surface area contributed by atoms with E-state index in [1.54, 1.807) is 12.1 Å². The molecule has 0 aromatic heterocycles. The molecule has 0 amide bonds. The number of morpholine rings is 1. The van der Waals surface area contributed by atoms with E-state index >= 15 is 0 Å². The molecule has 1 aromatic carbocycles. The van der Waals surface area contributed by atoms with Gasteiger partial charge in [-0.25, -0.2) is 16.8 Å². The van der Waals surface area contributed by atoms with Gasteiger partial charge >= 0.3 is 0 Å². The molecule has 0 aliphatic carbocycles. The van der Waals surface area contributed by atoms with Crippen LogP contribution in [0.15, 0.2) is 29.2 Å². The molecular weight excluding hydrogens is 354 g/mol. The fourth-order valence-electron chi connectivity index (χ4n) is 3.28. The maximum atomic E-state index is 13.0. The van der Waals surface area contributed by atoms with E-state index in [-0.39, 0.29) is 16.4 Å². The standard InChI is InChI=1S/C15H21NO6S2/c1-21-12-2-4-13(5-3-12)24(19,20)15-11-23(17,18)10-14(15)16-6-8-22-9-7-16/h2-5,14-15H,6-11H2,1H3/t14-,15-/m1/s1. The lowest BCUT2D eigenvalue weighted by Gasteiger charge is -2.34. The number of hydrogen-bond donors (Lipinski definition) is 0. The first-order valence-electron chi connectivity index (χ1n) is 7.74. The summed E-state index contributed by atoms with van der Waals surface area (Å²) in [5.41, 5.74) is 0. The van der Waals surface area contributed by atoms with Gasteiger partial charge in [0.1, 0.15) is 5.75 Å². The second kappa shape index (κ2) is 6.62. The number of sulfone groups is 2. The van der Waals surface area contributed by atoms with E-state index in [1.165, 1.54) is 19.2 Å². The van der Waals surface area contributed by atoms with Crippen LogP contribution in [0.5, 0.6) is 5.75 Å². The molecule has 2 aliphatic heterocycles. The zero-order valence-electron chi connectivity index (χ0n) is 13.4. The quantitative estimate of drug-likeness (QED) is 0.730. The Morgan fingerprint density at radius 3 is 2.33 bits per heavy atom. The summed E-state index contributed by atoms with van der Waals surface area (Å²) in [5, 5.41) is -0.950. The van der Waals surface area contributed by atoms with Crippen LogP contribution in [0.2, 0.25) is 0 Å². The van der Waals surface area contributed by atoms with Gasteiger partial charge in [-0.1, -0.05) is 0 Å². The molecule has 2 aliphatic rings.